The maximum Gasteiger partial charge on any atom is 0.263 e. The molecular weight excluding hydrogens is 430 g/mol. The molecule has 2 aliphatic rings. The highest BCUT2D eigenvalue weighted by Gasteiger charge is 2.38. The number of nitrogens with one attached hydrogen (secondary N) is 1. The third-order valence-electron chi connectivity index (χ3n) is 6.41. The first-order chi connectivity index (χ1) is 15.0. The van der Waals surface area contributed by atoms with E-state index in [-0.39, 0.29) is 29.7 Å². The summed E-state index contributed by atoms with van der Waals surface area (Å²) in [5.74, 6) is -0.0724. The molecule has 3 amide bonds. The standard InChI is InChI=1S/C23H29N3O3S2/c1-16-6-2-3-11-26(16)23(29)20(24-21(27)18-7-4-14-30-18)17-9-12-25(13-10-17)22(28)19-8-5-15-31-19/h4-5,7-8,14-17,20H,2-3,6,9-13H2,1H3,(H,24,27)/t16-,20+/m1/s1. The average Bonchev–Trinajstić information content (AvgIpc) is 3.51. The van der Waals surface area contributed by atoms with Crippen molar-refractivity contribution < 1.29 is 14.4 Å². The summed E-state index contributed by atoms with van der Waals surface area (Å²) in [4.78, 5) is 44.2. The molecule has 0 spiro atoms. The monoisotopic (exact) mass is 459 g/mol. The van der Waals surface area contributed by atoms with Gasteiger partial charge < -0.3 is 15.1 Å². The van der Waals surface area contributed by atoms with Crippen molar-refractivity contribution in [3.8, 4) is 0 Å². The molecule has 1 N–H and O–H groups in total. The van der Waals surface area contributed by atoms with Crippen molar-refractivity contribution in [2.75, 3.05) is 19.6 Å². The molecule has 8 heteroatoms. The molecule has 6 nitrogen and oxygen atoms in total. The first kappa shape index (κ1) is 22.0. The summed E-state index contributed by atoms with van der Waals surface area (Å²) in [6.45, 7) is 4.06. The average molecular weight is 460 g/mol. The Morgan fingerprint density at radius 3 is 2.26 bits per heavy atom. The molecule has 0 unspecified atom stereocenters. The van der Waals surface area contributed by atoms with Crippen molar-refractivity contribution >= 4 is 40.4 Å². The van der Waals surface area contributed by atoms with Crippen molar-refractivity contribution in [1.29, 1.82) is 0 Å². The van der Waals surface area contributed by atoms with Crippen LogP contribution in [0.4, 0.5) is 0 Å². The number of likely N-dealkylation sites (tertiary alicyclic amines) is 2. The Balaban J connectivity index is 1.47. The number of nitrogens with zero attached hydrogens (tertiary/aromatic N) is 2. The summed E-state index contributed by atoms with van der Waals surface area (Å²) in [5, 5.41) is 6.84. The van der Waals surface area contributed by atoms with Crippen LogP contribution >= 0.6 is 22.7 Å². The van der Waals surface area contributed by atoms with Gasteiger partial charge in [0, 0.05) is 25.7 Å². The first-order valence-corrected chi connectivity index (χ1v) is 12.8. The van der Waals surface area contributed by atoms with Gasteiger partial charge in [0.25, 0.3) is 11.8 Å². The van der Waals surface area contributed by atoms with Crippen LogP contribution in [0.3, 0.4) is 0 Å². The van der Waals surface area contributed by atoms with E-state index in [4.69, 9.17) is 0 Å². The highest BCUT2D eigenvalue weighted by atomic mass is 32.1. The molecule has 2 aromatic rings. The van der Waals surface area contributed by atoms with Gasteiger partial charge in [-0.25, -0.2) is 0 Å². The van der Waals surface area contributed by atoms with Gasteiger partial charge in [0.15, 0.2) is 0 Å². The minimum atomic E-state index is -0.547. The number of thiophene rings is 2. The third-order valence-corrected chi connectivity index (χ3v) is 8.14. The highest BCUT2D eigenvalue weighted by molar-refractivity contribution is 7.12. The number of hydrogen-bond acceptors (Lipinski definition) is 5. The lowest BCUT2D eigenvalue weighted by molar-refractivity contribution is -0.138. The lowest BCUT2D eigenvalue weighted by Gasteiger charge is -2.40. The van der Waals surface area contributed by atoms with E-state index in [1.165, 1.54) is 22.7 Å². The second kappa shape index (κ2) is 9.96. The minimum absolute atomic E-state index is 0.0259. The highest BCUT2D eigenvalue weighted by Crippen LogP contribution is 2.27. The van der Waals surface area contributed by atoms with Crippen LogP contribution in [0, 0.1) is 5.92 Å². The van der Waals surface area contributed by atoms with E-state index >= 15 is 0 Å². The molecule has 2 aromatic heterocycles. The Kier molecular flexibility index (Phi) is 7.07. The zero-order chi connectivity index (χ0) is 21.8. The molecule has 4 heterocycles. The summed E-state index contributed by atoms with van der Waals surface area (Å²) >= 11 is 2.84. The smallest absolute Gasteiger partial charge is 0.263 e. The van der Waals surface area contributed by atoms with Gasteiger partial charge in [-0.3, -0.25) is 14.4 Å². The molecule has 2 saturated heterocycles. The lowest BCUT2D eigenvalue weighted by Crippen LogP contribution is -2.57. The number of carbonyl (C=O) groups is 3. The number of rotatable bonds is 5. The predicted octanol–water partition coefficient (Wildman–Crippen LogP) is 3.86. The molecule has 2 aliphatic heterocycles. The zero-order valence-corrected chi connectivity index (χ0v) is 19.4. The Morgan fingerprint density at radius 1 is 0.968 bits per heavy atom. The first-order valence-electron chi connectivity index (χ1n) is 11.0. The van der Waals surface area contributed by atoms with Crippen molar-refractivity contribution in [3.05, 3.63) is 44.8 Å². The Bertz CT molecular complexity index is 889. The van der Waals surface area contributed by atoms with Crippen LogP contribution in [0.2, 0.25) is 0 Å². The molecule has 0 saturated carbocycles. The van der Waals surface area contributed by atoms with Crippen molar-refractivity contribution in [3.63, 3.8) is 0 Å². The van der Waals surface area contributed by atoms with Gasteiger partial charge in [0.05, 0.1) is 9.75 Å². The van der Waals surface area contributed by atoms with Crippen molar-refractivity contribution in [1.82, 2.24) is 15.1 Å². The zero-order valence-electron chi connectivity index (χ0n) is 17.8. The van der Waals surface area contributed by atoms with Crippen LogP contribution in [0.15, 0.2) is 35.0 Å². The fourth-order valence-electron chi connectivity index (χ4n) is 4.60. The van der Waals surface area contributed by atoms with Crippen LogP contribution < -0.4 is 5.32 Å². The van der Waals surface area contributed by atoms with Crippen LogP contribution in [-0.2, 0) is 4.79 Å². The molecule has 31 heavy (non-hydrogen) atoms. The minimum Gasteiger partial charge on any atom is -0.339 e. The second-order valence-corrected chi connectivity index (χ2v) is 10.3. The molecule has 2 fully saturated rings. The fraction of sp³-hybridized carbons (Fsp3) is 0.522. The van der Waals surface area contributed by atoms with Crippen LogP contribution in [-0.4, -0.2) is 59.2 Å². The van der Waals surface area contributed by atoms with Gasteiger partial charge in [-0.05, 0) is 67.8 Å². The summed E-state index contributed by atoms with van der Waals surface area (Å²) in [6.07, 6.45) is 4.57. The third kappa shape index (κ3) is 5.01. The Labute approximate surface area is 191 Å². The largest absolute Gasteiger partial charge is 0.339 e. The molecule has 0 radical (unpaired) electrons. The molecular formula is C23H29N3O3S2. The molecule has 0 aromatic carbocycles. The maximum absolute atomic E-state index is 13.6. The fourth-order valence-corrected chi connectivity index (χ4v) is 5.92. The van der Waals surface area contributed by atoms with Crippen LogP contribution in [0.5, 0.6) is 0 Å². The van der Waals surface area contributed by atoms with E-state index in [0.717, 1.165) is 30.7 Å². The number of piperidine rings is 2. The summed E-state index contributed by atoms with van der Waals surface area (Å²) in [7, 11) is 0. The van der Waals surface area contributed by atoms with Gasteiger partial charge in [0.2, 0.25) is 5.91 Å². The van der Waals surface area contributed by atoms with Crippen molar-refractivity contribution in [2.45, 2.75) is 51.1 Å². The molecule has 4 rings (SSSR count). The molecule has 166 valence electrons. The molecule has 0 aliphatic carbocycles. The van der Waals surface area contributed by atoms with Crippen LogP contribution in [0.25, 0.3) is 0 Å². The number of carbonyl (C=O) groups excluding carboxylic acids is 3. The van der Waals surface area contributed by atoms with Gasteiger partial charge in [0.1, 0.15) is 6.04 Å². The van der Waals surface area contributed by atoms with Gasteiger partial charge in [-0.1, -0.05) is 12.1 Å². The Morgan fingerprint density at radius 2 is 1.65 bits per heavy atom. The van der Waals surface area contributed by atoms with E-state index in [2.05, 4.69) is 12.2 Å². The molecule has 0 bridgehead atoms. The normalized spacial score (nSPS) is 21.0. The quantitative estimate of drug-likeness (QED) is 0.738. The van der Waals surface area contributed by atoms with E-state index in [1.54, 1.807) is 6.07 Å². The Hall–Kier alpha value is -2.19. The van der Waals surface area contributed by atoms with Gasteiger partial charge in [-0.15, -0.1) is 22.7 Å². The number of amides is 3. The van der Waals surface area contributed by atoms with Crippen molar-refractivity contribution in [2.24, 2.45) is 5.92 Å². The van der Waals surface area contributed by atoms with Gasteiger partial charge in [-0.2, -0.15) is 0 Å². The van der Waals surface area contributed by atoms with Gasteiger partial charge >= 0.3 is 0 Å². The summed E-state index contributed by atoms with van der Waals surface area (Å²) in [6, 6.07) is 7.02. The van der Waals surface area contributed by atoms with E-state index in [1.807, 2.05) is 38.8 Å². The van der Waals surface area contributed by atoms with E-state index in [0.29, 0.717) is 30.8 Å². The molecule has 2 atom stereocenters. The predicted molar refractivity (Wildman–Crippen MR) is 124 cm³/mol. The number of hydrogen-bond donors (Lipinski definition) is 1. The summed E-state index contributed by atoms with van der Waals surface area (Å²) < 4.78 is 0. The van der Waals surface area contributed by atoms with Crippen LogP contribution in [0.1, 0.15) is 58.4 Å². The maximum atomic E-state index is 13.6. The lowest BCUT2D eigenvalue weighted by atomic mass is 9.87. The summed E-state index contributed by atoms with van der Waals surface area (Å²) in [5.41, 5.74) is 0. The van der Waals surface area contributed by atoms with E-state index in [9.17, 15) is 14.4 Å². The topological polar surface area (TPSA) is 69.7 Å². The second-order valence-electron chi connectivity index (χ2n) is 8.41. The SMILES string of the molecule is C[C@@H]1CCCCN1C(=O)[C@@H](NC(=O)c1cccs1)C1CCN(C(=O)c2cccs2)CC1. The van der Waals surface area contributed by atoms with E-state index < -0.39 is 6.04 Å².